The minimum atomic E-state index is -1.51. The van der Waals surface area contributed by atoms with Crippen LogP contribution in [-0.4, -0.2) is 138 Å². The Kier molecular flexibility index (Phi) is 12.5. The molecule has 13 nitrogen and oxygen atoms in total. The van der Waals surface area contributed by atoms with Crippen molar-refractivity contribution in [2.24, 2.45) is 39.4 Å². The van der Waals surface area contributed by atoms with Crippen molar-refractivity contribution in [3.8, 4) is 0 Å². The zero-order valence-corrected chi connectivity index (χ0v) is 34.3. The molecule has 2 heterocycles. The maximum atomic E-state index is 11.7. The highest BCUT2D eigenvalue weighted by Gasteiger charge is 2.64. The maximum absolute atomic E-state index is 11.7. The third kappa shape index (κ3) is 7.31. The van der Waals surface area contributed by atoms with Crippen molar-refractivity contribution in [1.82, 2.24) is 0 Å². The first-order chi connectivity index (χ1) is 25.6. The Morgan fingerprint density at radius 2 is 1.31 bits per heavy atom. The molecule has 13 heteroatoms. The predicted octanol–water partition coefficient (Wildman–Crippen LogP) is 2.29. The van der Waals surface area contributed by atoms with Crippen LogP contribution in [0.15, 0.2) is 11.1 Å². The Morgan fingerprint density at radius 3 is 1.91 bits per heavy atom. The van der Waals surface area contributed by atoms with Crippen molar-refractivity contribution in [1.29, 1.82) is 0 Å². The molecule has 9 N–H and O–H groups in total. The van der Waals surface area contributed by atoms with E-state index in [0.717, 1.165) is 51.4 Å². The second-order valence-corrected chi connectivity index (χ2v) is 20.1. The smallest absolute Gasteiger partial charge is 0.187 e. The number of hydrogen-bond donors (Lipinski definition) is 9. The molecule has 18 atom stereocenters. The predicted molar refractivity (Wildman–Crippen MR) is 201 cm³/mol. The highest BCUT2D eigenvalue weighted by atomic mass is 16.7. The Labute approximate surface area is 327 Å². The maximum Gasteiger partial charge on any atom is 0.187 e. The van der Waals surface area contributed by atoms with Crippen molar-refractivity contribution in [2.75, 3.05) is 13.2 Å². The van der Waals surface area contributed by atoms with E-state index in [1.54, 1.807) is 11.1 Å². The first-order valence-electron chi connectivity index (χ1n) is 20.9. The minimum absolute atomic E-state index is 0.00647. The Bertz CT molecular complexity index is 1380. The van der Waals surface area contributed by atoms with Crippen molar-refractivity contribution in [3.05, 3.63) is 11.1 Å². The summed E-state index contributed by atoms with van der Waals surface area (Å²) in [6.07, 6.45) is -5.23. The Morgan fingerprint density at radius 1 is 0.727 bits per heavy atom. The van der Waals surface area contributed by atoms with E-state index in [1.165, 1.54) is 0 Å². The molecule has 13 unspecified atom stereocenters. The normalized spacial score (nSPS) is 48.5. The highest BCUT2D eigenvalue weighted by molar-refractivity contribution is 5.39. The molecule has 0 bridgehead atoms. The van der Waals surface area contributed by atoms with E-state index in [-0.39, 0.29) is 33.7 Å². The summed E-state index contributed by atoms with van der Waals surface area (Å²) in [6, 6.07) is 0. The second-order valence-electron chi connectivity index (χ2n) is 20.1. The Hall–Kier alpha value is -0.780. The van der Waals surface area contributed by atoms with E-state index in [1.807, 2.05) is 13.8 Å². The molecule has 4 fully saturated rings. The first-order valence-corrected chi connectivity index (χ1v) is 20.9. The van der Waals surface area contributed by atoms with E-state index in [2.05, 4.69) is 41.5 Å². The molecule has 6 aliphatic rings. The van der Waals surface area contributed by atoms with Crippen LogP contribution in [0.25, 0.3) is 0 Å². The number of ether oxygens (including phenoxy) is 4. The summed E-state index contributed by atoms with van der Waals surface area (Å²) >= 11 is 0. The van der Waals surface area contributed by atoms with Crippen LogP contribution in [-0.2, 0) is 18.9 Å². The van der Waals surface area contributed by atoms with Crippen LogP contribution < -0.4 is 0 Å². The zero-order valence-electron chi connectivity index (χ0n) is 34.3. The van der Waals surface area contributed by atoms with Gasteiger partial charge < -0.3 is 64.9 Å². The van der Waals surface area contributed by atoms with Crippen LogP contribution >= 0.6 is 0 Å². The van der Waals surface area contributed by atoms with Crippen LogP contribution in [0.3, 0.4) is 0 Å². The van der Waals surface area contributed by atoms with Gasteiger partial charge in [0.25, 0.3) is 0 Å². The van der Waals surface area contributed by atoms with Crippen molar-refractivity contribution >= 4 is 0 Å². The monoisotopic (exact) mass is 784 g/mol. The first kappa shape index (κ1) is 43.8. The van der Waals surface area contributed by atoms with Crippen molar-refractivity contribution in [2.45, 2.75) is 199 Å². The molecular weight excluding hydrogens is 712 g/mol. The van der Waals surface area contributed by atoms with E-state index < -0.39 is 86.3 Å². The molecule has 0 radical (unpaired) electrons. The highest BCUT2D eigenvalue weighted by Crippen LogP contribution is 2.72. The van der Waals surface area contributed by atoms with Gasteiger partial charge in [-0.15, -0.1) is 0 Å². The number of rotatable bonds is 11. The van der Waals surface area contributed by atoms with Gasteiger partial charge >= 0.3 is 0 Å². The molecule has 2 saturated carbocycles. The molecule has 318 valence electrons. The molecule has 55 heavy (non-hydrogen) atoms. The van der Waals surface area contributed by atoms with Crippen LogP contribution in [0.2, 0.25) is 0 Å². The van der Waals surface area contributed by atoms with Gasteiger partial charge in [-0.05, 0) is 117 Å². The van der Waals surface area contributed by atoms with Gasteiger partial charge in [-0.2, -0.15) is 0 Å². The van der Waals surface area contributed by atoms with Crippen molar-refractivity contribution < 1.29 is 64.9 Å². The molecule has 2 saturated heterocycles. The van der Waals surface area contributed by atoms with Gasteiger partial charge in [0, 0.05) is 0 Å². The lowest BCUT2D eigenvalue weighted by molar-refractivity contribution is -0.325. The number of aliphatic hydroxyl groups is 9. The fraction of sp³-hybridized carbons (Fsp3) is 0.952. The van der Waals surface area contributed by atoms with Gasteiger partial charge in [-0.25, -0.2) is 0 Å². The van der Waals surface area contributed by atoms with Gasteiger partial charge in [0.05, 0.1) is 31.0 Å². The number of fused-ring (bicyclic) bond motifs is 4. The van der Waals surface area contributed by atoms with Gasteiger partial charge in [-0.1, -0.05) is 52.7 Å². The molecule has 0 aromatic heterocycles. The molecule has 0 aromatic rings. The van der Waals surface area contributed by atoms with Crippen molar-refractivity contribution in [3.63, 3.8) is 0 Å². The summed E-state index contributed by atoms with van der Waals surface area (Å²) < 4.78 is 23.9. The quantitative estimate of drug-likeness (QED) is 0.138. The van der Waals surface area contributed by atoms with Gasteiger partial charge in [-0.3, -0.25) is 0 Å². The molecule has 2 aliphatic heterocycles. The Balaban J connectivity index is 1.12. The lowest BCUT2D eigenvalue weighted by Crippen LogP contribution is -2.61. The SMILES string of the molecule is C[C@H](C(O)CCC(C)(C)OC1OC(CO)C(O)C(O)C1O)C1CC[C@@]2(C)C3=C(CC[C@]12C)[C@@]1(C)CC[C@H](OC2OC(CO)C(O)C(O)C2O)C(C)(C)C1CC3. The summed E-state index contributed by atoms with van der Waals surface area (Å²) in [5, 5.41) is 93.4. The lowest BCUT2D eigenvalue weighted by atomic mass is 9.43. The summed E-state index contributed by atoms with van der Waals surface area (Å²) in [5.41, 5.74) is 2.11. The molecule has 0 amide bonds. The number of aliphatic hydroxyl groups excluding tert-OH is 9. The molecule has 6 rings (SSSR count). The van der Waals surface area contributed by atoms with E-state index in [4.69, 9.17) is 18.9 Å². The van der Waals surface area contributed by atoms with Crippen LogP contribution in [0.1, 0.15) is 120 Å². The van der Waals surface area contributed by atoms with Gasteiger partial charge in [0.2, 0.25) is 0 Å². The molecule has 0 aromatic carbocycles. The number of allylic oxidation sites excluding steroid dienone is 2. The second kappa shape index (κ2) is 15.7. The zero-order chi connectivity index (χ0) is 40.6. The van der Waals surface area contributed by atoms with E-state index >= 15 is 0 Å². The van der Waals surface area contributed by atoms with Crippen LogP contribution in [0, 0.1) is 39.4 Å². The molecule has 4 aliphatic carbocycles. The third-order valence-electron chi connectivity index (χ3n) is 16.5. The lowest BCUT2D eigenvalue weighted by Gasteiger charge is -2.63. The number of hydrogen-bond acceptors (Lipinski definition) is 13. The van der Waals surface area contributed by atoms with Gasteiger partial charge in [0.15, 0.2) is 12.6 Å². The molecular formula is C42H72O13. The van der Waals surface area contributed by atoms with E-state index in [0.29, 0.717) is 24.7 Å². The fourth-order valence-electron chi connectivity index (χ4n) is 12.7. The van der Waals surface area contributed by atoms with Crippen LogP contribution in [0.5, 0.6) is 0 Å². The van der Waals surface area contributed by atoms with E-state index in [9.17, 15) is 46.0 Å². The average Bonchev–Trinajstić information content (AvgIpc) is 3.42. The fourth-order valence-corrected chi connectivity index (χ4v) is 12.7. The standard InChI is InChI=1S/C42H72O13/c1-21(25(45)13-15-38(2,3)55-37-35(51)33(49)31(47)27(20-44)53-37)22-11-17-42(8)24-9-10-28-39(4,5)29(14-16-40(28,6)23(24)12-18-41(22,42)7)54-36-34(50)32(48)30(46)26(19-43)52-36/h21-22,25-37,43-51H,9-20H2,1-8H3/t21-,22?,25?,26?,27?,28?,29-,30?,31?,32?,33?,34?,35?,36?,37?,40+,41+,42-/m0/s1. The molecule has 0 spiro atoms. The largest absolute Gasteiger partial charge is 0.394 e. The third-order valence-corrected chi connectivity index (χ3v) is 16.5. The van der Waals surface area contributed by atoms with Crippen LogP contribution in [0.4, 0.5) is 0 Å². The van der Waals surface area contributed by atoms with Gasteiger partial charge in [0.1, 0.15) is 48.8 Å². The summed E-state index contributed by atoms with van der Waals surface area (Å²) in [4.78, 5) is 0. The summed E-state index contributed by atoms with van der Waals surface area (Å²) in [7, 11) is 0. The summed E-state index contributed by atoms with van der Waals surface area (Å²) in [5.74, 6) is 0.681. The average molecular weight is 785 g/mol. The summed E-state index contributed by atoms with van der Waals surface area (Å²) in [6.45, 7) is 16.7. The minimum Gasteiger partial charge on any atom is -0.394 e. The topological polar surface area (TPSA) is 219 Å².